The normalized spacial score (nSPS) is 23.3. The molecule has 1 aromatic rings. The van der Waals surface area contributed by atoms with Crippen LogP contribution in [0.15, 0.2) is 17.5 Å². The summed E-state index contributed by atoms with van der Waals surface area (Å²) in [6.45, 7) is 3.85. The van der Waals surface area contributed by atoms with Crippen LogP contribution in [0.5, 0.6) is 0 Å². The second-order valence-corrected chi connectivity index (χ2v) is 5.76. The van der Waals surface area contributed by atoms with Gasteiger partial charge in [-0.15, -0.1) is 11.3 Å². The molecule has 1 aromatic heterocycles. The molecule has 1 aliphatic heterocycles. The predicted molar refractivity (Wildman–Crippen MR) is 73.5 cm³/mol. The number of carbonyl (C=O) groups excluding carboxylic acids is 2. The van der Waals surface area contributed by atoms with Crippen molar-refractivity contribution in [2.45, 2.75) is 13.0 Å². The molecule has 104 valence electrons. The second-order valence-electron chi connectivity index (χ2n) is 4.81. The van der Waals surface area contributed by atoms with Crippen molar-refractivity contribution < 1.29 is 9.59 Å². The number of hydrogen-bond donors (Lipinski definition) is 3. The van der Waals surface area contributed by atoms with Crippen LogP contribution in [0.25, 0.3) is 0 Å². The maximum Gasteiger partial charge on any atom is 0.279 e. The van der Waals surface area contributed by atoms with E-state index < -0.39 is 0 Å². The van der Waals surface area contributed by atoms with Gasteiger partial charge in [0.25, 0.3) is 11.8 Å². The lowest BCUT2D eigenvalue weighted by Crippen LogP contribution is -2.46. The van der Waals surface area contributed by atoms with E-state index in [0.717, 1.165) is 6.54 Å². The Morgan fingerprint density at radius 3 is 2.84 bits per heavy atom. The summed E-state index contributed by atoms with van der Waals surface area (Å²) in [5.41, 5.74) is 10.7. The van der Waals surface area contributed by atoms with E-state index in [0.29, 0.717) is 17.3 Å². The van der Waals surface area contributed by atoms with Gasteiger partial charge in [-0.1, -0.05) is 13.0 Å². The number of hydrogen-bond acceptors (Lipinski definition) is 5. The molecule has 0 spiro atoms. The number of nitrogens with one attached hydrogen (secondary N) is 2. The molecule has 0 radical (unpaired) electrons. The van der Waals surface area contributed by atoms with Crippen LogP contribution in [-0.4, -0.2) is 42.4 Å². The molecule has 19 heavy (non-hydrogen) atoms. The number of carbonyl (C=O) groups is 2. The molecule has 1 aliphatic rings. The standard InChI is InChI=1S/C12H18N4O2S/c1-8-5-16(6-9(8)13)7-11(17)14-15-12(18)10-3-2-4-19-10/h2-4,8-9H,5-7,13H2,1H3,(H,14,17)(H,15,18). The summed E-state index contributed by atoms with van der Waals surface area (Å²) in [4.78, 5) is 25.8. The van der Waals surface area contributed by atoms with Gasteiger partial charge in [-0.3, -0.25) is 25.3 Å². The quantitative estimate of drug-likeness (QED) is 0.669. The Balaban J connectivity index is 1.72. The number of hydrazine groups is 1. The van der Waals surface area contributed by atoms with Gasteiger partial charge in [0, 0.05) is 19.1 Å². The average molecular weight is 282 g/mol. The first-order valence-corrected chi connectivity index (χ1v) is 7.05. The molecule has 0 saturated carbocycles. The molecule has 1 saturated heterocycles. The number of amides is 2. The minimum Gasteiger partial charge on any atom is -0.326 e. The van der Waals surface area contributed by atoms with Crippen LogP contribution in [0.1, 0.15) is 16.6 Å². The number of likely N-dealkylation sites (tertiary alicyclic amines) is 1. The van der Waals surface area contributed by atoms with Crippen molar-refractivity contribution in [1.82, 2.24) is 15.8 Å². The van der Waals surface area contributed by atoms with Crippen LogP contribution in [0.2, 0.25) is 0 Å². The van der Waals surface area contributed by atoms with Crippen molar-refractivity contribution in [2.75, 3.05) is 19.6 Å². The van der Waals surface area contributed by atoms with Crippen LogP contribution in [0.4, 0.5) is 0 Å². The highest BCUT2D eigenvalue weighted by Gasteiger charge is 2.27. The van der Waals surface area contributed by atoms with E-state index in [1.807, 2.05) is 10.3 Å². The van der Waals surface area contributed by atoms with Gasteiger partial charge >= 0.3 is 0 Å². The molecular formula is C12H18N4O2S. The lowest BCUT2D eigenvalue weighted by Gasteiger charge is -2.14. The summed E-state index contributed by atoms with van der Waals surface area (Å²) < 4.78 is 0. The molecule has 2 heterocycles. The Morgan fingerprint density at radius 2 is 2.26 bits per heavy atom. The van der Waals surface area contributed by atoms with Crippen molar-refractivity contribution >= 4 is 23.2 Å². The van der Waals surface area contributed by atoms with Crippen LogP contribution in [-0.2, 0) is 4.79 Å². The number of thiophene rings is 1. The zero-order chi connectivity index (χ0) is 13.8. The Morgan fingerprint density at radius 1 is 1.47 bits per heavy atom. The summed E-state index contributed by atoms with van der Waals surface area (Å²) in [7, 11) is 0. The molecule has 6 nitrogen and oxygen atoms in total. The van der Waals surface area contributed by atoms with Crippen LogP contribution < -0.4 is 16.6 Å². The monoisotopic (exact) mass is 282 g/mol. The summed E-state index contributed by atoms with van der Waals surface area (Å²) >= 11 is 1.33. The minimum atomic E-state index is -0.296. The van der Waals surface area contributed by atoms with Gasteiger partial charge in [-0.2, -0.15) is 0 Å². The molecule has 2 rings (SSSR count). The summed E-state index contributed by atoms with van der Waals surface area (Å²) in [5.74, 6) is -0.130. The molecule has 1 fully saturated rings. The van der Waals surface area contributed by atoms with Crippen molar-refractivity contribution in [3.05, 3.63) is 22.4 Å². The second kappa shape index (κ2) is 6.14. The first-order valence-electron chi connectivity index (χ1n) is 6.17. The highest BCUT2D eigenvalue weighted by atomic mass is 32.1. The fraction of sp³-hybridized carbons (Fsp3) is 0.500. The van der Waals surface area contributed by atoms with Crippen LogP contribution in [0, 0.1) is 5.92 Å². The van der Waals surface area contributed by atoms with Crippen molar-refractivity contribution in [1.29, 1.82) is 0 Å². The fourth-order valence-corrected chi connectivity index (χ4v) is 2.68. The smallest absolute Gasteiger partial charge is 0.279 e. The van der Waals surface area contributed by atoms with Crippen molar-refractivity contribution in [3.8, 4) is 0 Å². The molecule has 2 atom stereocenters. The summed E-state index contributed by atoms with van der Waals surface area (Å²) in [5, 5.41) is 1.81. The lowest BCUT2D eigenvalue weighted by atomic mass is 10.1. The molecule has 4 N–H and O–H groups in total. The van der Waals surface area contributed by atoms with Gasteiger partial charge < -0.3 is 5.73 Å². The maximum atomic E-state index is 11.7. The molecule has 7 heteroatoms. The third-order valence-electron chi connectivity index (χ3n) is 3.17. The van der Waals surface area contributed by atoms with Gasteiger partial charge in [0.1, 0.15) is 0 Å². The summed E-state index contributed by atoms with van der Waals surface area (Å²) in [6.07, 6.45) is 0. The zero-order valence-corrected chi connectivity index (χ0v) is 11.6. The van der Waals surface area contributed by atoms with Crippen LogP contribution >= 0.6 is 11.3 Å². The Kier molecular flexibility index (Phi) is 4.52. The summed E-state index contributed by atoms with van der Waals surface area (Å²) in [6, 6.07) is 3.61. The fourth-order valence-electron chi connectivity index (χ4n) is 2.06. The van der Waals surface area contributed by atoms with Crippen molar-refractivity contribution in [2.24, 2.45) is 11.7 Å². The third kappa shape index (κ3) is 3.76. The zero-order valence-electron chi connectivity index (χ0n) is 10.8. The minimum absolute atomic E-state index is 0.119. The molecule has 0 bridgehead atoms. The van der Waals surface area contributed by atoms with Gasteiger partial charge in [0.15, 0.2) is 0 Å². The molecule has 2 amide bonds. The van der Waals surface area contributed by atoms with Gasteiger partial charge in [-0.25, -0.2) is 0 Å². The van der Waals surface area contributed by atoms with E-state index in [9.17, 15) is 9.59 Å². The van der Waals surface area contributed by atoms with Gasteiger partial charge in [0.2, 0.25) is 0 Å². The maximum absolute atomic E-state index is 11.7. The Bertz CT molecular complexity index is 439. The number of nitrogens with zero attached hydrogens (tertiary/aromatic N) is 1. The third-order valence-corrected chi connectivity index (χ3v) is 4.04. The first-order chi connectivity index (χ1) is 9.06. The average Bonchev–Trinajstić information content (AvgIpc) is 2.98. The topological polar surface area (TPSA) is 87.5 Å². The molecule has 0 aromatic carbocycles. The van der Waals surface area contributed by atoms with E-state index in [-0.39, 0.29) is 24.4 Å². The largest absolute Gasteiger partial charge is 0.326 e. The Labute approximate surface area is 115 Å². The number of nitrogens with two attached hydrogens (primary N) is 1. The Hall–Kier alpha value is -1.44. The van der Waals surface area contributed by atoms with E-state index >= 15 is 0 Å². The number of rotatable bonds is 3. The van der Waals surface area contributed by atoms with E-state index in [4.69, 9.17) is 5.73 Å². The van der Waals surface area contributed by atoms with E-state index in [2.05, 4.69) is 17.8 Å². The molecule has 0 aliphatic carbocycles. The molecular weight excluding hydrogens is 264 g/mol. The van der Waals surface area contributed by atoms with Crippen LogP contribution in [0.3, 0.4) is 0 Å². The van der Waals surface area contributed by atoms with Crippen molar-refractivity contribution in [3.63, 3.8) is 0 Å². The van der Waals surface area contributed by atoms with Gasteiger partial charge in [-0.05, 0) is 17.4 Å². The highest BCUT2D eigenvalue weighted by Crippen LogP contribution is 2.13. The highest BCUT2D eigenvalue weighted by molar-refractivity contribution is 7.12. The first kappa shape index (κ1) is 14.0. The van der Waals surface area contributed by atoms with E-state index in [1.54, 1.807) is 12.1 Å². The SMILES string of the molecule is CC1CN(CC(=O)NNC(=O)c2cccs2)CC1N. The lowest BCUT2D eigenvalue weighted by molar-refractivity contribution is -0.122. The molecule has 2 unspecified atom stereocenters. The van der Waals surface area contributed by atoms with Gasteiger partial charge in [0.05, 0.1) is 11.4 Å². The van der Waals surface area contributed by atoms with E-state index in [1.165, 1.54) is 11.3 Å². The predicted octanol–water partition coefficient (Wildman–Crippen LogP) is -0.212.